The van der Waals surface area contributed by atoms with Crippen LogP contribution in [0.5, 0.6) is 0 Å². The normalized spacial score (nSPS) is 48.7. The first-order valence-corrected chi connectivity index (χ1v) is 21.1. The SMILES string of the molecule is CCCCCCCCCCCCCC(=O)OC1CCC2(C)C(CCC3(C)C2CCC2C4C(C)C5(C)OC5CC4(C)C(O)CC23C)C1(C)C. The first kappa shape index (κ1) is 37.2. The molecular weight excluding hydrogens is 592 g/mol. The number of rotatable bonds is 13. The highest BCUT2D eigenvalue weighted by Gasteiger charge is 2.75. The van der Waals surface area contributed by atoms with Crippen LogP contribution in [0.2, 0.25) is 0 Å². The molecule has 6 rings (SSSR count). The molecule has 0 bridgehead atoms. The van der Waals surface area contributed by atoms with Gasteiger partial charge in [0, 0.05) is 11.8 Å². The van der Waals surface area contributed by atoms with E-state index in [2.05, 4.69) is 62.3 Å². The molecule has 4 nitrogen and oxygen atoms in total. The Morgan fingerprint density at radius 3 is 2.00 bits per heavy atom. The Balaban J connectivity index is 1.06. The quantitative estimate of drug-likeness (QED) is 0.121. The molecule has 0 amide bonds. The first-order chi connectivity index (χ1) is 22.6. The van der Waals surface area contributed by atoms with Crippen LogP contribution in [-0.4, -0.2) is 35.0 Å². The Kier molecular flexibility index (Phi) is 10.4. The fraction of sp³-hybridized carbons (Fsp3) is 0.977. The zero-order chi connectivity index (χ0) is 34.8. The fourth-order valence-electron chi connectivity index (χ4n) is 14.5. The lowest BCUT2D eigenvalue weighted by Gasteiger charge is -2.74. The second-order valence-electron chi connectivity index (χ2n) is 20.3. The molecule has 48 heavy (non-hydrogen) atoms. The topological polar surface area (TPSA) is 59.1 Å². The zero-order valence-electron chi connectivity index (χ0n) is 32.9. The molecule has 276 valence electrons. The van der Waals surface area contributed by atoms with Crippen molar-refractivity contribution in [2.24, 2.45) is 56.7 Å². The summed E-state index contributed by atoms with van der Waals surface area (Å²) in [6.07, 6.45) is 24.1. The van der Waals surface area contributed by atoms with Crippen LogP contribution in [0.25, 0.3) is 0 Å². The van der Waals surface area contributed by atoms with Crippen molar-refractivity contribution in [3.8, 4) is 0 Å². The molecule has 1 heterocycles. The number of aliphatic hydroxyl groups is 1. The second kappa shape index (κ2) is 13.4. The monoisotopic (exact) mass is 669 g/mol. The van der Waals surface area contributed by atoms with E-state index in [1.54, 1.807) is 0 Å². The number of hydrogen-bond acceptors (Lipinski definition) is 4. The fourth-order valence-corrected chi connectivity index (χ4v) is 14.5. The molecule has 0 radical (unpaired) electrons. The number of aliphatic hydroxyl groups excluding tert-OH is 1. The summed E-state index contributed by atoms with van der Waals surface area (Å²) in [5.74, 6) is 2.90. The van der Waals surface area contributed by atoms with Crippen molar-refractivity contribution in [3.63, 3.8) is 0 Å². The van der Waals surface area contributed by atoms with Gasteiger partial charge >= 0.3 is 5.97 Å². The molecule has 1 N–H and O–H groups in total. The summed E-state index contributed by atoms with van der Waals surface area (Å²) < 4.78 is 12.8. The standard InChI is InChI=1S/C44H76O4/c1-10-11-12-13-14-15-16-17-18-19-20-21-37(46)47-35-25-26-40(5)32(39(35,3)4)24-27-42(7)33(40)23-22-31-38-30(2)44(9)36(48-44)29-41(38,6)34(45)28-43(31,42)8/h30-36,38,45H,10-29H2,1-9H3. The summed E-state index contributed by atoms with van der Waals surface area (Å²) >= 11 is 0. The minimum absolute atomic E-state index is 0.0105. The number of unbranched alkanes of at least 4 members (excludes halogenated alkanes) is 10. The Hall–Kier alpha value is -0.610. The number of carbonyl (C=O) groups is 1. The van der Waals surface area contributed by atoms with E-state index < -0.39 is 0 Å². The highest BCUT2D eigenvalue weighted by molar-refractivity contribution is 5.69. The number of fused-ring (bicyclic) bond motifs is 8. The summed E-state index contributed by atoms with van der Waals surface area (Å²) in [4.78, 5) is 13.2. The predicted octanol–water partition coefficient (Wildman–Crippen LogP) is 11.5. The largest absolute Gasteiger partial charge is 0.462 e. The van der Waals surface area contributed by atoms with Crippen molar-refractivity contribution in [2.45, 2.75) is 215 Å². The van der Waals surface area contributed by atoms with Crippen molar-refractivity contribution in [1.29, 1.82) is 0 Å². The predicted molar refractivity (Wildman–Crippen MR) is 197 cm³/mol. The van der Waals surface area contributed by atoms with Gasteiger partial charge in [-0.1, -0.05) is 120 Å². The lowest BCUT2D eigenvalue weighted by molar-refractivity contribution is -0.273. The van der Waals surface area contributed by atoms with E-state index in [4.69, 9.17) is 9.47 Å². The third kappa shape index (κ3) is 5.87. The molecule has 5 aliphatic carbocycles. The Labute approximate surface area is 296 Å². The molecule has 6 aliphatic rings. The highest BCUT2D eigenvalue weighted by atomic mass is 16.6. The number of ether oxygens (including phenoxy) is 2. The van der Waals surface area contributed by atoms with Gasteiger partial charge in [0.1, 0.15) is 6.10 Å². The van der Waals surface area contributed by atoms with Gasteiger partial charge in [0.2, 0.25) is 0 Å². The molecule has 13 unspecified atom stereocenters. The van der Waals surface area contributed by atoms with E-state index in [1.807, 2.05) is 0 Å². The van der Waals surface area contributed by atoms with Crippen LogP contribution in [0, 0.1) is 56.7 Å². The van der Waals surface area contributed by atoms with Crippen LogP contribution in [0.4, 0.5) is 0 Å². The van der Waals surface area contributed by atoms with E-state index in [1.165, 1.54) is 83.5 Å². The maximum atomic E-state index is 13.2. The molecule has 0 spiro atoms. The summed E-state index contributed by atoms with van der Waals surface area (Å²) in [5.41, 5.74) is 0.531. The molecule has 6 fully saturated rings. The van der Waals surface area contributed by atoms with Crippen LogP contribution in [0.1, 0.15) is 191 Å². The van der Waals surface area contributed by atoms with Gasteiger partial charge in [-0.3, -0.25) is 4.79 Å². The average molecular weight is 669 g/mol. The molecule has 1 saturated heterocycles. The summed E-state index contributed by atoms with van der Waals surface area (Å²) in [6, 6.07) is 0. The lowest BCUT2D eigenvalue weighted by atomic mass is 9.31. The Morgan fingerprint density at radius 1 is 0.729 bits per heavy atom. The third-order valence-electron chi connectivity index (χ3n) is 17.8. The van der Waals surface area contributed by atoms with Gasteiger partial charge in [-0.2, -0.15) is 0 Å². The second-order valence-corrected chi connectivity index (χ2v) is 20.3. The molecule has 1 aliphatic heterocycles. The van der Waals surface area contributed by atoms with Crippen LogP contribution >= 0.6 is 0 Å². The van der Waals surface area contributed by atoms with Crippen LogP contribution in [-0.2, 0) is 14.3 Å². The van der Waals surface area contributed by atoms with E-state index in [9.17, 15) is 9.90 Å². The third-order valence-corrected chi connectivity index (χ3v) is 17.8. The van der Waals surface area contributed by atoms with Gasteiger partial charge in [0.15, 0.2) is 0 Å². The number of epoxide rings is 1. The van der Waals surface area contributed by atoms with Crippen molar-refractivity contribution in [3.05, 3.63) is 0 Å². The van der Waals surface area contributed by atoms with Crippen molar-refractivity contribution in [2.75, 3.05) is 0 Å². The molecule has 4 heteroatoms. The van der Waals surface area contributed by atoms with Gasteiger partial charge in [-0.25, -0.2) is 0 Å². The summed E-state index contributed by atoms with van der Waals surface area (Å²) in [6.45, 7) is 22.2. The van der Waals surface area contributed by atoms with E-state index in [0.29, 0.717) is 42.1 Å². The Morgan fingerprint density at radius 2 is 1.35 bits per heavy atom. The first-order valence-electron chi connectivity index (χ1n) is 21.1. The summed E-state index contributed by atoms with van der Waals surface area (Å²) in [5, 5.41) is 12.1. The highest BCUT2D eigenvalue weighted by Crippen LogP contribution is 2.78. The molecule has 0 aromatic heterocycles. The number of carbonyl (C=O) groups excluding carboxylic acids is 1. The average Bonchev–Trinajstić information content (AvgIpc) is 3.69. The minimum Gasteiger partial charge on any atom is -0.462 e. The maximum Gasteiger partial charge on any atom is 0.306 e. The molecule has 0 aromatic carbocycles. The molecule has 13 atom stereocenters. The van der Waals surface area contributed by atoms with E-state index >= 15 is 0 Å². The lowest BCUT2D eigenvalue weighted by Crippen LogP contribution is -2.70. The van der Waals surface area contributed by atoms with E-state index in [-0.39, 0.29) is 50.9 Å². The maximum absolute atomic E-state index is 13.2. The van der Waals surface area contributed by atoms with Crippen LogP contribution in [0.15, 0.2) is 0 Å². The van der Waals surface area contributed by atoms with Crippen molar-refractivity contribution in [1.82, 2.24) is 0 Å². The van der Waals surface area contributed by atoms with Gasteiger partial charge in [-0.05, 0) is 116 Å². The summed E-state index contributed by atoms with van der Waals surface area (Å²) in [7, 11) is 0. The molecule has 5 saturated carbocycles. The van der Waals surface area contributed by atoms with E-state index in [0.717, 1.165) is 38.5 Å². The van der Waals surface area contributed by atoms with Gasteiger partial charge in [0.05, 0.1) is 17.8 Å². The van der Waals surface area contributed by atoms with Crippen LogP contribution in [0.3, 0.4) is 0 Å². The molecule has 0 aromatic rings. The minimum atomic E-state index is -0.257. The smallest absolute Gasteiger partial charge is 0.306 e. The Bertz CT molecular complexity index is 1150. The molecular formula is C44H76O4. The van der Waals surface area contributed by atoms with Gasteiger partial charge in [0.25, 0.3) is 0 Å². The number of esters is 1. The van der Waals surface area contributed by atoms with Crippen molar-refractivity contribution >= 4 is 5.97 Å². The van der Waals surface area contributed by atoms with Crippen molar-refractivity contribution < 1.29 is 19.4 Å². The van der Waals surface area contributed by atoms with Gasteiger partial charge in [-0.15, -0.1) is 0 Å². The van der Waals surface area contributed by atoms with Crippen LogP contribution < -0.4 is 0 Å². The van der Waals surface area contributed by atoms with Gasteiger partial charge < -0.3 is 14.6 Å². The number of hydrogen-bond donors (Lipinski definition) is 1. The zero-order valence-corrected chi connectivity index (χ0v) is 32.9.